The molecule has 3 aromatic rings. The molecule has 23 heavy (non-hydrogen) atoms. The van der Waals surface area contributed by atoms with Gasteiger partial charge in [-0.15, -0.1) is 21.5 Å². The normalized spacial score (nSPS) is 15.4. The van der Waals surface area contributed by atoms with Crippen molar-refractivity contribution in [3.8, 4) is 0 Å². The van der Waals surface area contributed by atoms with Crippen LogP contribution < -0.4 is 4.90 Å². The van der Waals surface area contributed by atoms with E-state index in [0.29, 0.717) is 0 Å². The van der Waals surface area contributed by atoms with E-state index in [4.69, 9.17) is 4.74 Å². The van der Waals surface area contributed by atoms with E-state index in [2.05, 4.69) is 36.6 Å². The summed E-state index contributed by atoms with van der Waals surface area (Å²) in [5.74, 6) is 0.912. The highest BCUT2D eigenvalue weighted by Crippen LogP contribution is 2.34. The summed E-state index contributed by atoms with van der Waals surface area (Å²) in [5, 5.41) is 12.6. The Balaban J connectivity index is 1.66. The van der Waals surface area contributed by atoms with E-state index in [0.717, 1.165) is 59.2 Å². The van der Waals surface area contributed by atoms with Gasteiger partial charge in [0.05, 0.1) is 23.4 Å². The summed E-state index contributed by atoms with van der Waals surface area (Å²) < 4.78 is 8.65. The van der Waals surface area contributed by atoms with Gasteiger partial charge in [-0.2, -0.15) is 0 Å². The number of ether oxygens (including phenoxy) is 1. The number of nitrogens with zero attached hydrogens (tertiary/aromatic N) is 6. The number of aromatic nitrogens is 5. The van der Waals surface area contributed by atoms with Gasteiger partial charge in [-0.25, -0.2) is 9.97 Å². The van der Waals surface area contributed by atoms with E-state index in [1.807, 2.05) is 11.4 Å². The second kappa shape index (κ2) is 6.42. The van der Waals surface area contributed by atoms with Crippen molar-refractivity contribution in [1.29, 1.82) is 0 Å². The first kappa shape index (κ1) is 14.9. The maximum absolute atomic E-state index is 5.42. The third-order valence-corrected chi connectivity index (χ3v) is 5.73. The summed E-state index contributed by atoms with van der Waals surface area (Å²) in [6.45, 7) is 6.11. The topological polar surface area (TPSA) is 69.0 Å². The predicted molar refractivity (Wildman–Crippen MR) is 90.3 cm³/mol. The van der Waals surface area contributed by atoms with Crippen molar-refractivity contribution in [1.82, 2.24) is 24.7 Å². The van der Waals surface area contributed by atoms with Crippen LogP contribution in [0.4, 0.5) is 5.95 Å². The molecular weight excluding hydrogens is 332 g/mol. The van der Waals surface area contributed by atoms with Crippen molar-refractivity contribution in [3.05, 3.63) is 17.8 Å². The molecule has 0 amide bonds. The van der Waals surface area contributed by atoms with Crippen LogP contribution in [0, 0.1) is 0 Å². The number of rotatable bonds is 4. The van der Waals surface area contributed by atoms with Crippen LogP contribution in [0.15, 0.2) is 28.0 Å². The molecule has 9 heteroatoms. The lowest BCUT2D eigenvalue weighted by Crippen LogP contribution is -2.38. The Kier molecular flexibility index (Phi) is 4.15. The lowest BCUT2D eigenvalue weighted by molar-refractivity contribution is 0.121. The van der Waals surface area contributed by atoms with Gasteiger partial charge in [0.1, 0.15) is 11.4 Å². The molecule has 0 atom stereocenters. The average molecular weight is 348 g/mol. The third kappa shape index (κ3) is 2.79. The first-order valence-corrected chi connectivity index (χ1v) is 9.18. The summed E-state index contributed by atoms with van der Waals surface area (Å²) >= 11 is 3.20. The minimum Gasteiger partial charge on any atom is -0.378 e. The average Bonchev–Trinajstić information content (AvgIpc) is 3.22. The predicted octanol–water partition coefficient (Wildman–Crippen LogP) is 2.29. The lowest BCUT2D eigenvalue weighted by Gasteiger charge is -2.27. The second-order valence-corrected chi connectivity index (χ2v) is 6.91. The van der Waals surface area contributed by atoms with Crippen LogP contribution >= 0.6 is 23.1 Å². The summed E-state index contributed by atoms with van der Waals surface area (Å²) in [6.07, 6.45) is 1.60. The fourth-order valence-electron chi connectivity index (χ4n) is 2.56. The first-order valence-electron chi connectivity index (χ1n) is 7.48. The Morgan fingerprint density at radius 2 is 2.13 bits per heavy atom. The summed E-state index contributed by atoms with van der Waals surface area (Å²) in [4.78, 5) is 10.9. The zero-order valence-electron chi connectivity index (χ0n) is 12.7. The SMILES string of the molecule is CCn1c(Sc2ncnc3ccsc23)nnc1N1CCOCC1. The summed E-state index contributed by atoms with van der Waals surface area (Å²) in [7, 11) is 0. The number of anilines is 1. The van der Waals surface area contributed by atoms with Crippen molar-refractivity contribution in [3.63, 3.8) is 0 Å². The third-order valence-electron chi connectivity index (χ3n) is 3.71. The van der Waals surface area contributed by atoms with Gasteiger partial charge >= 0.3 is 0 Å². The molecule has 0 N–H and O–H groups in total. The van der Waals surface area contributed by atoms with Crippen molar-refractivity contribution >= 4 is 39.3 Å². The number of hydrogen-bond acceptors (Lipinski definition) is 8. The standard InChI is InChI=1S/C14H16N6OS2/c1-2-20-13(19-4-6-21-7-5-19)17-18-14(20)23-12-11-10(3-8-22-11)15-9-16-12/h3,8-9H,2,4-7H2,1H3. The number of morpholine rings is 1. The highest BCUT2D eigenvalue weighted by atomic mass is 32.2. The molecule has 120 valence electrons. The maximum atomic E-state index is 5.42. The minimum atomic E-state index is 0.737. The van der Waals surface area contributed by atoms with Crippen LogP contribution in [0.2, 0.25) is 0 Å². The van der Waals surface area contributed by atoms with E-state index >= 15 is 0 Å². The molecule has 4 heterocycles. The molecule has 1 saturated heterocycles. The van der Waals surface area contributed by atoms with Crippen molar-refractivity contribution in [2.75, 3.05) is 31.2 Å². The quantitative estimate of drug-likeness (QED) is 0.670. The molecular formula is C14H16N6OS2. The fraction of sp³-hybridized carbons (Fsp3) is 0.429. The largest absolute Gasteiger partial charge is 0.378 e. The van der Waals surface area contributed by atoms with Crippen molar-refractivity contribution in [2.45, 2.75) is 23.7 Å². The van der Waals surface area contributed by atoms with Crippen molar-refractivity contribution in [2.24, 2.45) is 0 Å². The van der Waals surface area contributed by atoms with Crippen LogP contribution in [0.3, 0.4) is 0 Å². The van der Waals surface area contributed by atoms with E-state index in [-0.39, 0.29) is 0 Å². The molecule has 4 rings (SSSR count). The molecule has 0 aromatic carbocycles. The van der Waals surface area contributed by atoms with Gasteiger partial charge in [0.2, 0.25) is 5.95 Å². The second-order valence-electron chi connectivity index (χ2n) is 5.04. The van der Waals surface area contributed by atoms with Gasteiger partial charge in [-0.3, -0.25) is 4.57 Å². The molecule has 0 spiro atoms. The zero-order valence-corrected chi connectivity index (χ0v) is 14.3. The van der Waals surface area contributed by atoms with Gasteiger partial charge in [-0.1, -0.05) is 0 Å². The summed E-state index contributed by atoms with van der Waals surface area (Å²) in [6, 6.07) is 2.01. The number of fused-ring (bicyclic) bond motifs is 1. The monoisotopic (exact) mass is 348 g/mol. The van der Waals surface area contributed by atoms with Crippen LogP contribution in [0.25, 0.3) is 10.2 Å². The van der Waals surface area contributed by atoms with E-state index < -0.39 is 0 Å². The van der Waals surface area contributed by atoms with Gasteiger partial charge in [0.25, 0.3) is 0 Å². The minimum absolute atomic E-state index is 0.737. The highest BCUT2D eigenvalue weighted by molar-refractivity contribution is 7.99. The van der Waals surface area contributed by atoms with E-state index in [9.17, 15) is 0 Å². The molecule has 3 aromatic heterocycles. The molecule has 7 nitrogen and oxygen atoms in total. The number of thiophene rings is 1. The fourth-order valence-corrected chi connectivity index (χ4v) is 4.43. The molecule has 0 aliphatic carbocycles. The lowest BCUT2D eigenvalue weighted by atomic mass is 10.4. The van der Waals surface area contributed by atoms with Gasteiger partial charge in [0.15, 0.2) is 5.16 Å². The smallest absolute Gasteiger partial charge is 0.228 e. The molecule has 0 radical (unpaired) electrons. The zero-order chi connectivity index (χ0) is 15.6. The van der Waals surface area contributed by atoms with Gasteiger partial charge in [-0.05, 0) is 30.1 Å². The molecule has 0 bridgehead atoms. The van der Waals surface area contributed by atoms with Gasteiger partial charge < -0.3 is 9.64 Å². The van der Waals surface area contributed by atoms with Crippen LogP contribution in [0.5, 0.6) is 0 Å². The summed E-state index contributed by atoms with van der Waals surface area (Å²) in [5.41, 5.74) is 0.975. The van der Waals surface area contributed by atoms with Gasteiger partial charge in [0, 0.05) is 19.6 Å². The Labute approximate surface area is 141 Å². The van der Waals surface area contributed by atoms with Crippen LogP contribution in [-0.4, -0.2) is 51.0 Å². The Morgan fingerprint density at radius 1 is 1.26 bits per heavy atom. The Bertz CT molecular complexity index is 811. The Morgan fingerprint density at radius 3 is 2.96 bits per heavy atom. The van der Waals surface area contributed by atoms with Crippen molar-refractivity contribution < 1.29 is 4.74 Å². The molecule has 1 fully saturated rings. The van der Waals surface area contributed by atoms with Crippen LogP contribution in [0.1, 0.15) is 6.92 Å². The highest BCUT2D eigenvalue weighted by Gasteiger charge is 2.21. The maximum Gasteiger partial charge on any atom is 0.228 e. The van der Waals surface area contributed by atoms with Crippen LogP contribution in [-0.2, 0) is 11.3 Å². The van der Waals surface area contributed by atoms with E-state index in [1.54, 1.807) is 29.4 Å². The van der Waals surface area contributed by atoms with E-state index in [1.165, 1.54) is 0 Å². The first-order chi connectivity index (χ1) is 11.4. The molecule has 1 aliphatic heterocycles. The molecule has 0 saturated carbocycles. The molecule has 1 aliphatic rings. The Hall–Kier alpha value is -1.71. The number of hydrogen-bond donors (Lipinski definition) is 0. The molecule has 0 unspecified atom stereocenters.